The van der Waals surface area contributed by atoms with Crippen LogP contribution in [-0.4, -0.2) is 38.5 Å². The number of rotatable bonds is 3. The molecule has 110 valence electrons. The van der Waals surface area contributed by atoms with Gasteiger partial charge in [0.1, 0.15) is 11.4 Å². The van der Waals surface area contributed by atoms with Crippen molar-refractivity contribution in [2.75, 3.05) is 7.11 Å². The van der Waals surface area contributed by atoms with Crippen LogP contribution in [0, 0.1) is 0 Å². The number of aromatic hydroxyl groups is 1. The topological polar surface area (TPSA) is 84.9 Å². The number of ether oxygens (including phenoxy) is 2. The Kier molecular flexibility index (Phi) is 5.15. The van der Waals surface area contributed by atoms with Crippen LogP contribution >= 0.6 is 0 Å². The van der Waals surface area contributed by atoms with Gasteiger partial charge >= 0.3 is 15.1 Å². The molecular weight excluding hydrogens is 278 g/mol. The number of hydrogen-bond acceptors (Lipinski definition) is 5. The summed E-state index contributed by atoms with van der Waals surface area (Å²) < 4.78 is 9.85. The number of methoxy groups -OCH3 is 1. The zero-order chi connectivity index (χ0) is 15.3. The van der Waals surface area contributed by atoms with Gasteiger partial charge in [-0.1, -0.05) is 12.1 Å². The van der Waals surface area contributed by atoms with Gasteiger partial charge in [-0.15, -0.1) is 0 Å². The Labute approximate surface area is 119 Å². The highest BCUT2D eigenvalue weighted by molar-refractivity contribution is 6.97. The molecule has 1 aromatic rings. The fraction of sp³-hybridized carbons (Fsp3) is 0.385. The Hall–Kier alpha value is -2.02. The number of benzene rings is 1. The summed E-state index contributed by atoms with van der Waals surface area (Å²) in [5.41, 5.74) is -1.13. The summed E-state index contributed by atoms with van der Waals surface area (Å²) in [6, 6.07) is 6.07. The Morgan fingerprint density at radius 1 is 1.20 bits per heavy atom. The van der Waals surface area contributed by atoms with Gasteiger partial charge in [0.2, 0.25) is 0 Å². The number of hydrogen-bond donors (Lipinski definition) is 2. The maximum Gasteiger partial charge on any atom is 0.400 e. The molecule has 0 aliphatic heterocycles. The molecule has 0 aliphatic carbocycles. The van der Waals surface area contributed by atoms with E-state index in [1.54, 1.807) is 32.9 Å². The number of carbonyl (C=O) groups excluding carboxylic acids is 2. The molecule has 0 unspecified atom stereocenters. The van der Waals surface area contributed by atoms with Crippen LogP contribution in [0.2, 0.25) is 0 Å². The average Bonchev–Trinajstić information content (AvgIpc) is 2.34. The van der Waals surface area contributed by atoms with Crippen LogP contribution in [0.1, 0.15) is 20.8 Å². The third-order valence-electron chi connectivity index (χ3n) is 2.32. The van der Waals surface area contributed by atoms with Gasteiger partial charge in [0.25, 0.3) is 5.59 Å². The molecule has 7 heteroatoms. The summed E-state index contributed by atoms with van der Waals surface area (Å²) >= 11 is 0. The summed E-state index contributed by atoms with van der Waals surface area (Å²) in [4.78, 5) is 26.2. The Bertz CT molecular complexity index is 481. The average molecular weight is 297 g/mol. The van der Waals surface area contributed by atoms with E-state index in [1.807, 2.05) is 0 Å². The van der Waals surface area contributed by atoms with Crippen molar-refractivity contribution in [1.82, 2.24) is 4.98 Å². The van der Waals surface area contributed by atoms with E-state index in [2.05, 4.69) is 4.98 Å². The fourth-order valence-corrected chi connectivity index (χ4v) is 3.15. The van der Waals surface area contributed by atoms with Gasteiger partial charge in [-0.05, 0) is 38.1 Å². The van der Waals surface area contributed by atoms with Gasteiger partial charge in [-0.2, -0.15) is 0 Å². The van der Waals surface area contributed by atoms with Gasteiger partial charge < -0.3 is 19.6 Å². The van der Waals surface area contributed by atoms with E-state index in [1.165, 1.54) is 19.2 Å². The third-order valence-corrected chi connectivity index (χ3v) is 4.61. The van der Waals surface area contributed by atoms with Crippen LogP contribution in [0.3, 0.4) is 0 Å². The second-order valence-electron chi connectivity index (χ2n) is 5.19. The molecule has 0 heterocycles. The van der Waals surface area contributed by atoms with Crippen molar-refractivity contribution in [2.45, 2.75) is 26.4 Å². The summed E-state index contributed by atoms with van der Waals surface area (Å²) in [5, 5.41) is 9.88. The SMILES string of the molecule is COC(=O)[Si@@H](NC(=O)OC(C)(C)C)c1ccc(O)cc1. The van der Waals surface area contributed by atoms with Gasteiger partial charge in [0, 0.05) is 0 Å². The lowest BCUT2D eigenvalue weighted by atomic mass is 10.2. The molecule has 0 radical (unpaired) electrons. The first-order chi connectivity index (χ1) is 9.23. The summed E-state index contributed by atoms with van der Waals surface area (Å²) in [6.07, 6.45) is -0.660. The van der Waals surface area contributed by atoms with E-state index < -0.39 is 26.2 Å². The molecule has 0 aliphatic rings. The standard InChI is InChI=1S/C13H19NO5Si/c1-13(2,3)19-11(16)14-20(12(17)18-4)10-7-5-9(15)6-8-10/h5-8,15,20H,1-4H3,(H,14,16)/t20-/m0/s1. The van der Waals surface area contributed by atoms with E-state index in [0.29, 0.717) is 5.19 Å². The Balaban J connectivity index is 2.88. The van der Waals surface area contributed by atoms with Crippen LogP contribution in [0.25, 0.3) is 0 Å². The van der Waals surface area contributed by atoms with E-state index >= 15 is 0 Å². The monoisotopic (exact) mass is 297 g/mol. The van der Waals surface area contributed by atoms with Crippen molar-refractivity contribution in [1.29, 1.82) is 0 Å². The van der Waals surface area contributed by atoms with Gasteiger partial charge in [0.05, 0.1) is 7.11 Å². The van der Waals surface area contributed by atoms with Crippen LogP contribution in [0.5, 0.6) is 5.75 Å². The van der Waals surface area contributed by atoms with Crippen molar-refractivity contribution in [3.63, 3.8) is 0 Å². The second-order valence-corrected chi connectivity index (χ2v) is 7.49. The molecule has 0 bridgehead atoms. The molecule has 0 saturated heterocycles. The van der Waals surface area contributed by atoms with Crippen LogP contribution in [0.15, 0.2) is 24.3 Å². The highest BCUT2D eigenvalue weighted by Gasteiger charge is 2.29. The van der Waals surface area contributed by atoms with Crippen molar-refractivity contribution in [2.24, 2.45) is 0 Å². The van der Waals surface area contributed by atoms with Crippen LogP contribution in [-0.2, 0) is 9.47 Å². The van der Waals surface area contributed by atoms with Crippen molar-refractivity contribution < 1.29 is 24.2 Å². The molecule has 0 aromatic heterocycles. The van der Waals surface area contributed by atoms with Gasteiger partial charge in [-0.3, -0.25) is 4.79 Å². The smallest absolute Gasteiger partial charge is 0.400 e. The predicted molar refractivity (Wildman–Crippen MR) is 76.7 cm³/mol. The van der Waals surface area contributed by atoms with Gasteiger partial charge in [-0.25, -0.2) is 4.79 Å². The number of nitrogens with one attached hydrogen (secondary N) is 1. The molecule has 1 rings (SSSR count). The summed E-state index contributed by atoms with van der Waals surface area (Å²) in [7, 11) is -1.29. The second kappa shape index (κ2) is 6.42. The molecule has 0 fully saturated rings. The predicted octanol–water partition coefficient (Wildman–Crippen LogP) is 1.20. The highest BCUT2D eigenvalue weighted by atomic mass is 28.3. The quantitative estimate of drug-likeness (QED) is 0.819. The largest absolute Gasteiger partial charge is 0.508 e. The lowest BCUT2D eigenvalue weighted by molar-refractivity contribution is 0.0566. The van der Waals surface area contributed by atoms with Gasteiger partial charge in [0.15, 0.2) is 0 Å². The minimum absolute atomic E-state index is 0.0867. The van der Waals surface area contributed by atoms with E-state index in [9.17, 15) is 14.7 Å². The zero-order valence-electron chi connectivity index (χ0n) is 12.0. The lowest BCUT2D eigenvalue weighted by Crippen LogP contribution is -2.54. The Morgan fingerprint density at radius 2 is 1.75 bits per heavy atom. The van der Waals surface area contributed by atoms with E-state index in [-0.39, 0.29) is 5.75 Å². The Morgan fingerprint density at radius 3 is 2.20 bits per heavy atom. The first kappa shape index (κ1) is 16.0. The molecule has 1 atom stereocenters. The molecule has 6 nitrogen and oxygen atoms in total. The molecule has 0 spiro atoms. The fourth-order valence-electron chi connectivity index (χ4n) is 1.49. The number of carbonyl (C=O) groups is 2. The molecule has 20 heavy (non-hydrogen) atoms. The van der Waals surface area contributed by atoms with E-state index in [0.717, 1.165) is 0 Å². The third kappa shape index (κ3) is 4.92. The van der Waals surface area contributed by atoms with Crippen LogP contribution in [0.4, 0.5) is 9.59 Å². The maximum absolute atomic E-state index is 11.8. The number of phenols is 1. The highest BCUT2D eigenvalue weighted by Crippen LogP contribution is 2.07. The number of amides is 1. The maximum atomic E-state index is 11.8. The zero-order valence-corrected chi connectivity index (χ0v) is 13.1. The minimum Gasteiger partial charge on any atom is -0.508 e. The molecular formula is C13H19NO5Si. The first-order valence-electron chi connectivity index (χ1n) is 6.09. The molecule has 0 saturated carbocycles. The summed E-state index contributed by atoms with van der Waals surface area (Å²) in [5.74, 6) is 0.0867. The molecule has 1 aromatic carbocycles. The van der Waals surface area contributed by atoms with E-state index in [4.69, 9.17) is 9.47 Å². The molecule has 2 N–H and O–H groups in total. The molecule has 1 amide bonds. The number of phenolic OH excluding ortho intramolecular Hbond substituents is 1. The van der Waals surface area contributed by atoms with Crippen LogP contribution < -0.4 is 10.2 Å². The normalized spacial score (nSPS) is 12.4. The summed E-state index contributed by atoms with van der Waals surface area (Å²) in [6.45, 7) is 5.21. The minimum atomic E-state index is -2.55. The van der Waals surface area contributed by atoms with Crippen molar-refractivity contribution in [3.05, 3.63) is 24.3 Å². The first-order valence-corrected chi connectivity index (χ1v) is 7.82. The van der Waals surface area contributed by atoms with Crippen molar-refractivity contribution in [3.8, 4) is 5.75 Å². The van der Waals surface area contributed by atoms with Crippen molar-refractivity contribution >= 4 is 25.8 Å². The lowest BCUT2D eigenvalue weighted by Gasteiger charge is -2.22.